The van der Waals surface area contributed by atoms with E-state index < -0.39 is 5.97 Å². The largest absolute Gasteiger partial charge is 0.489 e. The second kappa shape index (κ2) is 6.70. The normalized spacial score (nSPS) is 9.94. The number of aliphatic carboxylic acids is 1. The molecule has 0 unspecified atom stereocenters. The Balaban J connectivity index is 2.45. The molecule has 0 spiro atoms. The molecule has 0 bridgehead atoms. The molecule has 0 aliphatic heterocycles. The van der Waals surface area contributed by atoms with Gasteiger partial charge in [0.25, 0.3) is 0 Å². The molecule has 0 aliphatic carbocycles. The van der Waals surface area contributed by atoms with Gasteiger partial charge in [0.2, 0.25) is 0 Å². The van der Waals surface area contributed by atoms with Gasteiger partial charge in [-0.1, -0.05) is 18.7 Å². The molecule has 0 heterocycles. The van der Waals surface area contributed by atoms with Gasteiger partial charge >= 0.3 is 5.97 Å². The van der Waals surface area contributed by atoms with Crippen LogP contribution >= 0.6 is 0 Å². The maximum Gasteiger partial charge on any atom is 0.334 e. The summed E-state index contributed by atoms with van der Waals surface area (Å²) in [5, 5.41) is 8.61. The van der Waals surface area contributed by atoms with Gasteiger partial charge in [-0.15, -0.1) is 0 Å². The van der Waals surface area contributed by atoms with Crippen LogP contribution in [-0.4, -0.2) is 31.4 Å². The summed E-state index contributed by atoms with van der Waals surface area (Å²) in [5.74, 6) is -0.407. The Bertz CT molecular complexity index is 381. The standard InChI is InChI=1S/C13H16O4/c1-10(13(14)15)9-17-12-5-3-11(4-6-12)7-8-16-2/h3-6H,1,7-9H2,2H3,(H,14,15). The van der Waals surface area contributed by atoms with Crippen LogP contribution in [0.2, 0.25) is 0 Å². The van der Waals surface area contributed by atoms with E-state index in [1.807, 2.05) is 12.1 Å². The van der Waals surface area contributed by atoms with Gasteiger partial charge in [-0.05, 0) is 24.1 Å². The van der Waals surface area contributed by atoms with E-state index in [0.29, 0.717) is 12.4 Å². The van der Waals surface area contributed by atoms with Crippen LogP contribution in [0.25, 0.3) is 0 Å². The van der Waals surface area contributed by atoms with Gasteiger partial charge in [0.1, 0.15) is 12.4 Å². The highest BCUT2D eigenvalue weighted by molar-refractivity contribution is 5.86. The van der Waals surface area contributed by atoms with E-state index in [1.54, 1.807) is 19.2 Å². The van der Waals surface area contributed by atoms with E-state index in [4.69, 9.17) is 14.6 Å². The van der Waals surface area contributed by atoms with Crippen LogP contribution in [0, 0.1) is 0 Å². The molecule has 92 valence electrons. The average Bonchev–Trinajstić information content (AvgIpc) is 2.34. The zero-order valence-corrected chi connectivity index (χ0v) is 9.81. The first-order chi connectivity index (χ1) is 8.13. The highest BCUT2D eigenvalue weighted by Gasteiger charge is 2.04. The molecule has 0 radical (unpaired) electrons. The molecule has 0 fully saturated rings. The minimum Gasteiger partial charge on any atom is -0.489 e. The van der Waals surface area contributed by atoms with Crippen LogP contribution < -0.4 is 4.74 Å². The monoisotopic (exact) mass is 236 g/mol. The predicted molar refractivity (Wildman–Crippen MR) is 64.3 cm³/mol. The van der Waals surface area contributed by atoms with Crippen molar-refractivity contribution < 1.29 is 19.4 Å². The lowest BCUT2D eigenvalue weighted by atomic mass is 10.1. The number of ether oxygens (including phenoxy) is 2. The minimum atomic E-state index is -1.04. The van der Waals surface area contributed by atoms with Crippen LogP contribution in [0.15, 0.2) is 36.4 Å². The number of benzene rings is 1. The smallest absolute Gasteiger partial charge is 0.334 e. The molecule has 0 amide bonds. The number of hydrogen-bond donors (Lipinski definition) is 1. The molecular formula is C13H16O4. The van der Waals surface area contributed by atoms with Gasteiger partial charge in [0.15, 0.2) is 0 Å². The molecule has 0 saturated carbocycles. The molecule has 1 aromatic carbocycles. The van der Waals surface area contributed by atoms with Crippen LogP contribution in [0.4, 0.5) is 0 Å². The molecule has 0 aromatic heterocycles. The molecule has 0 aliphatic rings. The van der Waals surface area contributed by atoms with Crippen LogP contribution in [-0.2, 0) is 16.0 Å². The van der Waals surface area contributed by atoms with Crippen molar-refractivity contribution in [2.75, 3.05) is 20.3 Å². The van der Waals surface area contributed by atoms with Gasteiger partial charge in [0.05, 0.1) is 12.2 Å². The van der Waals surface area contributed by atoms with E-state index in [0.717, 1.165) is 12.0 Å². The lowest BCUT2D eigenvalue weighted by Gasteiger charge is -2.06. The Morgan fingerprint density at radius 1 is 1.35 bits per heavy atom. The van der Waals surface area contributed by atoms with E-state index in [1.165, 1.54) is 0 Å². The van der Waals surface area contributed by atoms with Crippen molar-refractivity contribution >= 4 is 5.97 Å². The van der Waals surface area contributed by atoms with Gasteiger partial charge in [-0.25, -0.2) is 4.79 Å². The van der Waals surface area contributed by atoms with E-state index >= 15 is 0 Å². The van der Waals surface area contributed by atoms with Crippen molar-refractivity contribution in [1.29, 1.82) is 0 Å². The highest BCUT2D eigenvalue weighted by Crippen LogP contribution is 2.13. The number of hydrogen-bond acceptors (Lipinski definition) is 3. The summed E-state index contributed by atoms with van der Waals surface area (Å²) in [6.45, 7) is 4.06. The van der Waals surface area contributed by atoms with Gasteiger partial charge < -0.3 is 14.6 Å². The second-order valence-electron chi connectivity index (χ2n) is 3.58. The predicted octanol–water partition coefficient (Wildman–Crippen LogP) is 1.90. The van der Waals surface area contributed by atoms with E-state index in [2.05, 4.69) is 6.58 Å². The SMILES string of the molecule is C=C(COc1ccc(CCOC)cc1)C(=O)O. The minimum absolute atomic E-state index is 0.00719. The third-order valence-electron chi connectivity index (χ3n) is 2.23. The molecule has 1 aromatic rings. The van der Waals surface area contributed by atoms with Crippen molar-refractivity contribution in [2.24, 2.45) is 0 Å². The first-order valence-electron chi connectivity index (χ1n) is 5.25. The Labute approximate surface area is 100 Å². The first kappa shape index (κ1) is 13.3. The lowest BCUT2D eigenvalue weighted by Crippen LogP contribution is -2.08. The maximum atomic E-state index is 10.5. The van der Waals surface area contributed by atoms with E-state index in [9.17, 15) is 4.79 Å². The number of carbonyl (C=O) groups is 1. The first-order valence-corrected chi connectivity index (χ1v) is 5.25. The molecule has 4 nitrogen and oxygen atoms in total. The Hall–Kier alpha value is -1.81. The van der Waals surface area contributed by atoms with Gasteiger partial charge in [-0.3, -0.25) is 0 Å². The Kier molecular flexibility index (Phi) is 5.23. The fourth-order valence-corrected chi connectivity index (χ4v) is 1.20. The summed E-state index contributed by atoms with van der Waals surface area (Å²) >= 11 is 0. The Morgan fingerprint density at radius 3 is 2.53 bits per heavy atom. The molecular weight excluding hydrogens is 220 g/mol. The molecule has 4 heteroatoms. The summed E-state index contributed by atoms with van der Waals surface area (Å²) in [6, 6.07) is 7.47. The molecule has 0 saturated heterocycles. The summed E-state index contributed by atoms with van der Waals surface area (Å²) in [6.07, 6.45) is 0.846. The van der Waals surface area contributed by atoms with Crippen molar-refractivity contribution in [2.45, 2.75) is 6.42 Å². The second-order valence-corrected chi connectivity index (χ2v) is 3.58. The summed E-state index contributed by atoms with van der Waals surface area (Å²) in [7, 11) is 1.66. The van der Waals surface area contributed by atoms with E-state index in [-0.39, 0.29) is 12.2 Å². The summed E-state index contributed by atoms with van der Waals surface area (Å²) in [4.78, 5) is 10.5. The summed E-state index contributed by atoms with van der Waals surface area (Å²) < 4.78 is 10.3. The van der Waals surface area contributed by atoms with Crippen molar-refractivity contribution in [3.63, 3.8) is 0 Å². The number of rotatable bonds is 7. The third-order valence-corrected chi connectivity index (χ3v) is 2.23. The molecule has 1 rings (SSSR count). The van der Waals surface area contributed by atoms with Crippen LogP contribution in [0.1, 0.15) is 5.56 Å². The van der Waals surface area contributed by atoms with Gasteiger partial charge in [-0.2, -0.15) is 0 Å². The quantitative estimate of drug-likeness (QED) is 0.734. The van der Waals surface area contributed by atoms with Crippen molar-refractivity contribution in [1.82, 2.24) is 0 Å². The average molecular weight is 236 g/mol. The zero-order valence-electron chi connectivity index (χ0n) is 9.81. The van der Waals surface area contributed by atoms with Crippen LogP contribution in [0.3, 0.4) is 0 Å². The number of methoxy groups -OCH3 is 1. The lowest BCUT2D eigenvalue weighted by molar-refractivity contribution is -0.133. The third kappa shape index (κ3) is 4.70. The van der Waals surface area contributed by atoms with Gasteiger partial charge in [0, 0.05) is 7.11 Å². The fourth-order valence-electron chi connectivity index (χ4n) is 1.20. The topological polar surface area (TPSA) is 55.8 Å². The Morgan fingerprint density at radius 2 is 2.00 bits per heavy atom. The maximum absolute atomic E-state index is 10.5. The van der Waals surface area contributed by atoms with Crippen molar-refractivity contribution in [3.8, 4) is 5.75 Å². The highest BCUT2D eigenvalue weighted by atomic mass is 16.5. The van der Waals surface area contributed by atoms with Crippen molar-refractivity contribution in [3.05, 3.63) is 42.0 Å². The molecule has 0 atom stereocenters. The zero-order chi connectivity index (χ0) is 12.7. The number of carboxylic acids is 1. The number of carboxylic acid groups (broad SMARTS) is 1. The van der Waals surface area contributed by atoms with Crippen LogP contribution in [0.5, 0.6) is 5.75 Å². The summed E-state index contributed by atoms with van der Waals surface area (Å²) in [5.41, 5.74) is 1.18. The molecule has 17 heavy (non-hydrogen) atoms. The fraction of sp³-hybridized carbons (Fsp3) is 0.308. The molecule has 1 N–H and O–H groups in total.